The Morgan fingerprint density at radius 1 is 1.19 bits per heavy atom. The van der Waals surface area contributed by atoms with Gasteiger partial charge in [-0.1, -0.05) is 66.2 Å². The van der Waals surface area contributed by atoms with Gasteiger partial charge in [-0.2, -0.15) is 0 Å². The maximum absolute atomic E-state index is 12.5. The topological polar surface area (TPSA) is 41.9 Å². The Morgan fingerprint density at radius 2 is 1.94 bits per heavy atom. The van der Waals surface area contributed by atoms with Crippen LogP contribution in [0.3, 0.4) is 0 Å². The minimum Gasteiger partial charge on any atom is -0.445 e. The number of benzene rings is 1. The van der Waals surface area contributed by atoms with Gasteiger partial charge in [-0.3, -0.25) is 4.99 Å². The molecule has 0 bridgehead atoms. The van der Waals surface area contributed by atoms with Crippen molar-refractivity contribution in [3.8, 4) is 0 Å². The molecule has 0 aromatic heterocycles. The number of carbonyl (C=O) groups excluding carboxylic acids is 1. The Balaban J connectivity index is 1.53. The monoisotopic (exact) mass is 496 g/mol. The fraction of sp³-hybridized carbons (Fsp3) is 0.407. The number of likely N-dealkylation sites (tertiary alicyclic amines) is 1. The molecule has 2 aliphatic heterocycles. The molecule has 4 nitrogen and oxygen atoms in total. The first-order chi connectivity index (χ1) is 15.6. The molecule has 3 rings (SSSR count). The van der Waals surface area contributed by atoms with Gasteiger partial charge in [-0.25, -0.2) is 4.79 Å². The number of aliphatic imine (C=N–C) groups is 1. The van der Waals surface area contributed by atoms with Crippen molar-refractivity contribution in [3.63, 3.8) is 0 Å². The van der Waals surface area contributed by atoms with Gasteiger partial charge >= 0.3 is 6.09 Å². The SMILES string of the molecule is CC/C=C\C(=C/CC)COC(=O)N1CCC(C2=NC=C(c3ccc(Br)cc3)CC=C2)CC1. The molecular formula is C27H33BrN2O2. The second kappa shape index (κ2) is 12.6. The molecule has 0 spiro atoms. The van der Waals surface area contributed by atoms with E-state index in [0.29, 0.717) is 25.6 Å². The van der Waals surface area contributed by atoms with E-state index in [1.807, 2.05) is 11.1 Å². The van der Waals surface area contributed by atoms with E-state index in [2.05, 4.69) is 84.4 Å². The van der Waals surface area contributed by atoms with Gasteiger partial charge in [0.1, 0.15) is 6.61 Å². The highest BCUT2D eigenvalue weighted by atomic mass is 79.9. The van der Waals surface area contributed by atoms with Gasteiger partial charge in [0.25, 0.3) is 0 Å². The summed E-state index contributed by atoms with van der Waals surface area (Å²) in [5.74, 6) is 0.374. The number of nitrogens with zero attached hydrogens (tertiary/aromatic N) is 2. The third-order valence-electron chi connectivity index (χ3n) is 5.78. The van der Waals surface area contributed by atoms with E-state index in [9.17, 15) is 4.79 Å². The zero-order valence-corrected chi connectivity index (χ0v) is 20.7. The van der Waals surface area contributed by atoms with Gasteiger partial charge in [-0.05, 0) is 67.0 Å². The summed E-state index contributed by atoms with van der Waals surface area (Å²) in [6.07, 6.45) is 17.0. The molecule has 0 saturated carbocycles. The summed E-state index contributed by atoms with van der Waals surface area (Å²) in [6, 6.07) is 8.36. The maximum atomic E-state index is 12.5. The summed E-state index contributed by atoms with van der Waals surface area (Å²) in [5, 5.41) is 0. The van der Waals surface area contributed by atoms with Crippen LogP contribution >= 0.6 is 15.9 Å². The first-order valence-electron chi connectivity index (χ1n) is 11.6. The first-order valence-corrected chi connectivity index (χ1v) is 12.4. The standard InChI is InChI=1S/C27H33BrN2O2/c1-3-5-8-21(7-4-2)20-32-27(31)30-17-15-23(16-18-30)26-10-6-9-24(19-29-26)22-11-13-25(28)14-12-22/h5-8,10-14,19,23H,3-4,9,15-18,20H2,1-2H3/b8-5-,21-7+. The van der Waals surface area contributed by atoms with E-state index in [4.69, 9.17) is 9.73 Å². The molecule has 2 heterocycles. The van der Waals surface area contributed by atoms with Crippen molar-refractivity contribution in [2.45, 2.75) is 46.0 Å². The van der Waals surface area contributed by atoms with Crippen LogP contribution < -0.4 is 0 Å². The van der Waals surface area contributed by atoms with E-state index in [-0.39, 0.29) is 6.09 Å². The summed E-state index contributed by atoms with van der Waals surface area (Å²) in [5.41, 5.74) is 4.59. The Kier molecular flexibility index (Phi) is 9.54. The van der Waals surface area contributed by atoms with Gasteiger partial charge in [0.2, 0.25) is 0 Å². The van der Waals surface area contributed by atoms with Gasteiger partial charge in [0.05, 0.1) is 0 Å². The fourth-order valence-electron chi connectivity index (χ4n) is 3.95. The van der Waals surface area contributed by atoms with Crippen LogP contribution in [0.15, 0.2) is 75.9 Å². The number of rotatable bonds is 7. The van der Waals surface area contributed by atoms with Crippen LogP contribution in [0, 0.1) is 5.92 Å². The number of amides is 1. The molecule has 1 fully saturated rings. The van der Waals surface area contributed by atoms with Crippen molar-refractivity contribution in [2.24, 2.45) is 10.9 Å². The van der Waals surface area contributed by atoms with Crippen LogP contribution in [0.5, 0.6) is 0 Å². The molecule has 32 heavy (non-hydrogen) atoms. The van der Waals surface area contributed by atoms with Crippen LogP contribution in [0.25, 0.3) is 5.57 Å². The summed E-state index contributed by atoms with van der Waals surface area (Å²) in [4.78, 5) is 19.2. The number of ether oxygens (including phenoxy) is 1. The lowest BCUT2D eigenvalue weighted by molar-refractivity contribution is 0.0997. The van der Waals surface area contributed by atoms with Crippen molar-refractivity contribution in [1.29, 1.82) is 0 Å². The highest BCUT2D eigenvalue weighted by Crippen LogP contribution is 2.26. The Labute approximate surface area is 200 Å². The number of hydrogen-bond donors (Lipinski definition) is 0. The van der Waals surface area contributed by atoms with Crippen molar-refractivity contribution >= 4 is 33.3 Å². The molecular weight excluding hydrogens is 464 g/mol. The number of piperidine rings is 1. The van der Waals surface area contributed by atoms with Crippen LogP contribution in [-0.4, -0.2) is 36.4 Å². The molecule has 170 valence electrons. The highest BCUT2D eigenvalue weighted by molar-refractivity contribution is 9.10. The van der Waals surface area contributed by atoms with Crippen LogP contribution in [0.4, 0.5) is 4.79 Å². The Bertz CT molecular complexity index is 917. The van der Waals surface area contributed by atoms with Gasteiger partial charge < -0.3 is 9.64 Å². The summed E-state index contributed by atoms with van der Waals surface area (Å²) >= 11 is 3.49. The van der Waals surface area contributed by atoms with Gasteiger partial charge in [-0.15, -0.1) is 0 Å². The molecule has 1 aromatic rings. The van der Waals surface area contributed by atoms with Crippen molar-refractivity contribution in [3.05, 3.63) is 76.5 Å². The van der Waals surface area contributed by atoms with Crippen molar-refractivity contribution in [2.75, 3.05) is 19.7 Å². The predicted octanol–water partition coefficient (Wildman–Crippen LogP) is 7.34. The lowest BCUT2D eigenvalue weighted by Crippen LogP contribution is -2.40. The maximum Gasteiger partial charge on any atom is 0.410 e. The fourth-order valence-corrected chi connectivity index (χ4v) is 4.22. The van der Waals surface area contributed by atoms with E-state index >= 15 is 0 Å². The molecule has 5 heteroatoms. The Morgan fingerprint density at radius 3 is 2.62 bits per heavy atom. The van der Waals surface area contributed by atoms with Crippen molar-refractivity contribution < 1.29 is 9.53 Å². The summed E-state index contributed by atoms with van der Waals surface area (Å²) in [7, 11) is 0. The highest BCUT2D eigenvalue weighted by Gasteiger charge is 2.26. The number of carbonyl (C=O) groups is 1. The molecule has 1 amide bonds. The third kappa shape index (κ3) is 7.06. The van der Waals surface area contributed by atoms with E-state index in [0.717, 1.165) is 47.9 Å². The lowest BCUT2D eigenvalue weighted by atomic mass is 9.91. The number of hydrogen-bond acceptors (Lipinski definition) is 3. The minimum atomic E-state index is -0.217. The molecule has 2 aliphatic rings. The van der Waals surface area contributed by atoms with Crippen LogP contribution in [0.2, 0.25) is 0 Å². The van der Waals surface area contributed by atoms with E-state index < -0.39 is 0 Å². The molecule has 1 aromatic carbocycles. The smallest absolute Gasteiger partial charge is 0.410 e. The number of halogens is 1. The molecule has 0 atom stereocenters. The molecule has 1 saturated heterocycles. The summed E-state index contributed by atoms with van der Waals surface area (Å²) in [6.45, 7) is 5.94. The summed E-state index contributed by atoms with van der Waals surface area (Å²) < 4.78 is 6.65. The zero-order valence-electron chi connectivity index (χ0n) is 19.1. The van der Waals surface area contributed by atoms with Crippen LogP contribution in [-0.2, 0) is 4.74 Å². The van der Waals surface area contributed by atoms with E-state index in [1.165, 1.54) is 11.1 Å². The van der Waals surface area contributed by atoms with Gasteiger partial charge in [0.15, 0.2) is 0 Å². The quantitative estimate of drug-likeness (QED) is 0.370. The second-order valence-electron chi connectivity index (χ2n) is 8.14. The normalized spacial score (nSPS) is 17.8. The minimum absolute atomic E-state index is 0.217. The molecule has 0 N–H and O–H groups in total. The largest absolute Gasteiger partial charge is 0.445 e. The lowest BCUT2D eigenvalue weighted by Gasteiger charge is -2.31. The predicted molar refractivity (Wildman–Crippen MR) is 137 cm³/mol. The first kappa shape index (κ1) is 24.2. The van der Waals surface area contributed by atoms with Crippen LogP contribution in [0.1, 0.15) is 51.5 Å². The third-order valence-corrected chi connectivity index (χ3v) is 6.31. The molecule has 0 unspecified atom stereocenters. The second-order valence-corrected chi connectivity index (χ2v) is 9.05. The van der Waals surface area contributed by atoms with Crippen molar-refractivity contribution in [1.82, 2.24) is 4.90 Å². The number of allylic oxidation sites excluding steroid dienone is 5. The van der Waals surface area contributed by atoms with E-state index in [1.54, 1.807) is 0 Å². The van der Waals surface area contributed by atoms with Gasteiger partial charge in [0, 0.05) is 35.4 Å². The average Bonchev–Trinajstić information content (AvgIpc) is 3.08. The average molecular weight is 497 g/mol. The Hall–Kier alpha value is -2.40. The molecule has 0 aliphatic carbocycles. The molecule has 0 radical (unpaired) electrons. The zero-order chi connectivity index (χ0) is 22.8.